The monoisotopic (exact) mass is 187 g/mol. The van der Waals surface area contributed by atoms with E-state index < -0.39 is 6.03 Å². The lowest BCUT2D eigenvalue weighted by Gasteiger charge is -2.03. The molecule has 4 N–H and O–H groups in total. The van der Waals surface area contributed by atoms with Gasteiger partial charge < -0.3 is 16.4 Å². The van der Waals surface area contributed by atoms with Crippen LogP contribution in [0.15, 0.2) is 0 Å². The summed E-state index contributed by atoms with van der Waals surface area (Å²) in [5.74, 6) is 0.0214. The van der Waals surface area contributed by atoms with E-state index in [4.69, 9.17) is 5.73 Å². The number of hydrogen-bond donors (Lipinski definition) is 3. The maximum absolute atomic E-state index is 11.0. The van der Waals surface area contributed by atoms with Gasteiger partial charge in [-0.1, -0.05) is 6.92 Å². The summed E-state index contributed by atoms with van der Waals surface area (Å²) in [6.45, 7) is 3.16. The molecular formula is C8H17N3O2. The largest absolute Gasteiger partial charge is 0.356 e. The maximum atomic E-state index is 11.0. The van der Waals surface area contributed by atoms with Gasteiger partial charge in [0.05, 0.1) is 0 Å². The molecule has 0 fully saturated rings. The summed E-state index contributed by atoms with van der Waals surface area (Å²) in [7, 11) is 0. The molecule has 0 saturated heterocycles. The third-order valence-corrected chi connectivity index (χ3v) is 1.45. The zero-order chi connectivity index (χ0) is 10.1. The molecule has 0 heterocycles. The molecule has 0 bridgehead atoms. The topological polar surface area (TPSA) is 84.2 Å². The van der Waals surface area contributed by atoms with E-state index >= 15 is 0 Å². The maximum Gasteiger partial charge on any atom is 0.312 e. The first-order valence-electron chi connectivity index (χ1n) is 4.46. The average molecular weight is 187 g/mol. The minimum absolute atomic E-state index is 0.0214. The quantitative estimate of drug-likeness (QED) is 0.510. The van der Waals surface area contributed by atoms with Gasteiger partial charge in [0.25, 0.3) is 0 Å². The van der Waals surface area contributed by atoms with E-state index in [2.05, 4.69) is 10.6 Å². The standard InChI is InChI=1S/C8H17N3O2/c1-2-5-10-7(12)4-3-6-11-8(9)13/h2-6H2,1H3,(H,10,12)(H3,9,11,13). The molecule has 0 aromatic carbocycles. The van der Waals surface area contributed by atoms with E-state index in [-0.39, 0.29) is 5.91 Å². The summed E-state index contributed by atoms with van der Waals surface area (Å²) in [6, 6.07) is -0.547. The van der Waals surface area contributed by atoms with Gasteiger partial charge in [0, 0.05) is 19.5 Å². The first-order chi connectivity index (χ1) is 6.16. The molecule has 5 heteroatoms. The molecule has 0 saturated carbocycles. The zero-order valence-corrected chi connectivity index (χ0v) is 7.93. The summed E-state index contributed by atoms with van der Waals surface area (Å²) < 4.78 is 0. The van der Waals surface area contributed by atoms with Crippen LogP contribution in [0.1, 0.15) is 26.2 Å². The van der Waals surface area contributed by atoms with Crippen LogP contribution in [0.2, 0.25) is 0 Å². The summed E-state index contributed by atoms with van der Waals surface area (Å²) in [5.41, 5.74) is 4.84. The molecule has 0 aliphatic heterocycles. The van der Waals surface area contributed by atoms with Gasteiger partial charge in [0.15, 0.2) is 0 Å². The number of amides is 3. The fourth-order valence-electron chi connectivity index (χ4n) is 0.813. The highest BCUT2D eigenvalue weighted by Crippen LogP contribution is 1.86. The predicted octanol–water partition coefficient (Wildman–Crippen LogP) is -0.0389. The number of nitrogens with two attached hydrogens (primary N) is 1. The number of nitrogens with one attached hydrogen (secondary N) is 2. The van der Waals surface area contributed by atoms with Gasteiger partial charge >= 0.3 is 6.03 Å². The van der Waals surface area contributed by atoms with E-state index in [1.165, 1.54) is 0 Å². The third kappa shape index (κ3) is 8.65. The summed E-state index contributed by atoms with van der Waals surface area (Å²) in [5, 5.41) is 5.15. The SMILES string of the molecule is CCCNC(=O)CCCNC(N)=O. The number of primary amides is 1. The molecule has 0 radical (unpaired) electrons. The highest BCUT2D eigenvalue weighted by Gasteiger charge is 1.99. The van der Waals surface area contributed by atoms with E-state index in [1.54, 1.807) is 0 Å². The molecule has 0 atom stereocenters. The molecule has 0 aliphatic carbocycles. The summed E-state index contributed by atoms with van der Waals surface area (Å²) in [4.78, 5) is 21.2. The van der Waals surface area contributed by atoms with Crippen LogP contribution in [0.5, 0.6) is 0 Å². The Morgan fingerprint density at radius 1 is 1.23 bits per heavy atom. The van der Waals surface area contributed by atoms with Gasteiger partial charge in [-0.05, 0) is 12.8 Å². The Labute approximate surface area is 78.1 Å². The Bertz CT molecular complexity index is 171. The van der Waals surface area contributed by atoms with E-state index in [0.717, 1.165) is 6.42 Å². The Morgan fingerprint density at radius 3 is 2.46 bits per heavy atom. The second kappa shape index (κ2) is 7.39. The van der Waals surface area contributed by atoms with Crippen LogP contribution in [-0.2, 0) is 4.79 Å². The van der Waals surface area contributed by atoms with Gasteiger partial charge in [-0.15, -0.1) is 0 Å². The lowest BCUT2D eigenvalue weighted by atomic mass is 10.3. The molecule has 3 amide bonds. The van der Waals surface area contributed by atoms with Gasteiger partial charge in [0.1, 0.15) is 0 Å². The second-order valence-corrected chi connectivity index (χ2v) is 2.74. The second-order valence-electron chi connectivity index (χ2n) is 2.74. The van der Waals surface area contributed by atoms with Crippen LogP contribution in [0.4, 0.5) is 4.79 Å². The van der Waals surface area contributed by atoms with Gasteiger partial charge in [-0.2, -0.15) is 0 Å². The smallest absolute Gasteiger partial charge is 0.312 e. The average Bonchev–Trinajstić information content (AvgIpc) is 2.08. The van der Waals surface area contributed by atoms with Crippen LogP contribution < -0.4 is 16.4 Å². The predicted molar refractivity (Wildman–Crippen MR) is 50.1 cm³/mol. The molecule has 76 valence electrons. The molecule has 0 aromatic rings. The number of urea groups is 1. The third-order valence-electron chi connectivity index (χ3n) is 1.45. The fourth-order valence-corrected chi connectivity index (χ4v) is 0.813. The first kappa shape index (κ1) is 11.7. The van der Waals surface area contributed by atoms with Crippen molar-refractivity contribution < 1.29 is 9.59 Å². The van der Waals surface area contributed by atoms with Crippen LogP contribution in [0.3, 0.4) is 0 Å². The first-order valence-corrected chi connectivity index (χ1v) is 4.46. The number of rotatable bonds is 6. The molecule has 5 nitrogen and oxygen atoms in total. The van der Waals surface area contributed by atoms with E-state index in [9.17, 15) is 9.59 Å². The number of hydrogen-bond acceptors (Lipinski definition) is 2. The van der Waals surface area contributed by atoms with Gasteiger partial charge in [0.2, 0.25) is 5.91 Å². The van der Waals surface area contributed by atoms with Crippen molar-refractivity contribution in [2.24, 2.45) is 5.73 Å². The fraction of sp³-hybridized carbons (Fsp3) is 0.750. The number of carbonyl (C=O) groups is 2. The lowest BCUT2D eigenvalue weighted by molar-refractivity contribution is -0.121. The minimum atomic E-state index is -0.547. The zero-order valence-electron chi connectivity index (χ0n) is 7.93. The summed E-state index contributed by atoms with van der Waals surface area (Å²) in [6.07, 6.45) is 1.99. The molecular weight excluding hydrogens is 170 g/mol. The minimum Gasteiger partial charge on any atom is -0.356 e. The molecule has 0 aromatic heterocycles. The van der Waals surface area contributed by atoms with Gasteiger partial charge in [-0.25, -0.2) is 4.79 Å². The van der Waals surface area contributed by atoms with E-state index in [1.807, 2.05) is 6.92 Å². The Kier molecular flexibility index (Phi) is 6.68. The molecule has 0 spiro atoms. The van der Waals surface area contributed by atoms with Crippen molar-refractivity contribution in [2.75, 3.05) is 13.1 Å². The molecule has 13 heavy (non-hydrogen) atoms. The van der Waals surface area contributed by atoms with Crippen molar-refractivity contribution >= 4 is 11.9 Å². The Morgan fingerprint density at radius 2 is 1.92 bits per heavy atom. The Balaban J connectivity index is 3.22. The lowest BCUT2D eigenvalue weighted by Crippen LogP contribution is -2.31. The van der Waals surface area contributed by atoms with Gasteiger partial charge in [-0.3, -0.25) is 4.79 Å². The van der Waals surface area contributed by atoms with Crippen molar-refractivity contribution in [3.8, 4) is 0 Å². The molecule has 0 rings (SSSR count). The normalized spacial score (nSPS) is 9.31. The van der Waals surface area contributed by atoms with Crippen molar-refractivity contribution in [1.82, 2.24) is 10.6 Å². The number of carbonyl (C=O) groups excluding carboxylic acids is 2. The van der Waals surface area contributed by atoms with Crippen LogP contribution >= 0.6 is 0 Å². The van der Waals surface area contributed by atoms with Crippen molar-refractivity contribution in [2.45, 2.75) is 26.2 Å². The Hall–Kier alpha value is -1.26. The van der Waals surface area contributed by atoms with Crippen molar-refractivity contribution in [3.63, 3.8) is 0 Å². The van der Waals surface area contributed by atoms with Crippen molar-refractivity contribution in [3.05, 3.63) is 0 Å². The van der Waals surface area contributed by atoms with Crippen LogP contribution in [0, 0.1) is 0 Å². The highest BCUT2D eigenvalue weighted by atomic mass is 16.2. The van der Waals surface area contributed by atoms with E-state index in [0.29, 0.717) is 25.9 Å². The van der Waals surface area contributed by atoms with Crippen LogP contribution in [-0.4, -0.2) is 25.0 Å². The van der Waals surface area contributed by atoms with Crippen molar-refractivity contribution in [1.29, 1.82) is 0 Å². The highest BCUT2D eigenvalue weighted by molar-refractivity contribution is 5.76. The van der Waals surface area contributed by atoms with Crippen LogP contribution in [0.25, 0.3) is 0 Å². The molecule has 0 aliphatic rings. The molecule has 0 unspecified atom stereocenters. The summed E-state index contributed by atoms with van der Waals surface area (Å²) >= 11 is 0.